The van der Waals surface area contributed by atoms with Gasteiger partial charge < -0.3 is 4.42 Å². The Morgan fingerprint density at radius 2 is 0.960 bits per heavy atom. The summed E-state index contributed by atoms with van der Waals surface area (Å²) in [6.07, 6.45) is 0. The van der Waals surface area contributed by atoms with Gasteiger partial charge in [0.05, 0.1) is 0 Å². The molecule has 5 heteroatoms. The molecular formula is C45H27N3OS. The smallest absolute Gasteiger partial charge is 0.165 e. The lowest BCUT2D eigenvalue weighted by atomic mass is 9.98. The summed E-state index contributed by atoms with van der Waals surface area (Å²) in [5.41, 5.74) is 9.11. The molecule has 10 aromatic rings. The van der Waals surface area contributed by atoms with Crippen LogP contribution in [0.25, 0.3) is 98.5 Å². The van der Waals surface area contributed by atoms with Crippen LogP contribution in [0.4, 0.5) is 0 Å². The van der Waals surface area contributed by atoms with Crippen LogP contribution in [-0.2, 0) is 0 Å². The number of furan rings is 1. The molecule has 0 N–H and O–H groups in total. The first kappa shape index (κ1) is 28.6. The summed E-state index contributed by atoms with van der Waals surface area (Å²) in [6, 6.07) is 56.8. The van der Waals surface area contributed by atoms with Crippen molar-refractivity contribution in [2.75, 3.05) is 0 Å². The second kappa shape index (κ2) is 11.6. The maximum absolute atomic E-state index is 6.43. The number of nitrogens with zero attached hydrogens (tertiary/aromatic N) is 3. The zero-order valence-electron chi connectivity index (χ0n) is 26.7. The van der Waals surface area contributed by atoms with Crippen molar-refractivity contribution >= 4 is 53.4 Å². The summed E-state index contributed by atoms with van der Waals surface area (Å²) in [4.78, 5) is 15.4. The Morgan fingerprint density at radius 1 is 0.380 bits per heavy atom. The molecule has 0 aliphatic heterocycles. The lowest BCUT2D eigenvalue weighted by molar-refractivity contribution is 0.669. The minimum atomic E-state index is 0.609. The summed E-state index contributed by atoms with van der Waals surface area (Å²) in [5.74, 6) is 1.89. The minimum Gasteiger partial charge on any atom is -0.456 e. The number of fused-ring (bicyclic) bond motifs is 6. The Labute approximate surface area is 292 Å². The largest absolute Gasteiger partial charge is 0.456 e. The number of hydrogen-bond donors (Lipinski definition) is 0. The summed E-state index contributed by atoms with van der Waals surface area (Å²) < 4.78 is 8.84. The zero-order chi connectivity index (χ0) is 33.0. The molecule has 0 aliphatic carbocycles. The number of hydrogen-bond acceptors (Lipinski definition) is 5. The van der Waals surface area contributed by atoms with E-state index in [4.69, 9.17) is 19.4 Å². The van der Waals surface area contributed by atoms with Crippen molar-refractivity contribution in [2.24, 2.45) is 0 Å². The third kappa shape index (κ3) is 4.79. The van der Waals surface area contributed by atoms with Crippen molar-refractivity contribution in [3.63, 3.8) is 0 Å². The van der Waals surface area contributed by atoms with Gasteiger partial charge in [0, 0.05) is 47.6 Å². The Hall–Kier alpha value is -6.43. The van der Waals surface area contributed by atoms with Crippen LogP contribution in [0.5, 0.6) is 0 Å². The molecule has 0 amide bonds. The van der Waals surface area contributed by atoms with Gasteiger partial charge in [0.15, 0.2) is 17.5 Å². The minimum absolute atomic E-state index is 0.609. The van der Waals surface area contributed by atoms with Crippen LogP contribution < -0.4 is 0 Å². The van der Waals surface area contributed by atoms with Crippen LogP contribution in [-0.4, -0.2) is 15.0 Å². The number of thiophene rings is 1. The van der Waals surface area contributed by atoms with Crippen molar-refractivity contribution in [1.82, 2.24) is 15.0 Å². The highest BCUT2D eigenvalue weighted by molar-refractivity contribution is 7.26. The van der Waals surface area contributed by atoms with Gasteiger partial charge in [-0.05, 0) is 52.6 Å². The molecule has 0 saturated heterocycles. The molecule has 3 aromatic heterocycles. The number of benzene rings is 7. The highest BCUT2D eigenvalue weighted by atomic mass is 32.1. The molecule has 0 radical (unpaired) electrons. The van der Waals surface area contributed by atoms with Gasteiger partial charge in [0.25, 0.3) is 0 Å². The second-order valence-corrected chi connectivity index (χ2v) is 13.4. The highest BCUT2D eigenvalue weighted by Gasteiger charge is 2.20. The number of aromatic nitrogens is 3. The van der Waals surface area contributed by atoms with Crippen molar-refractivity contribution in [3.05, 3.63) is 164 Å². The van der Waals surface area contributed by atoms with E-state index in [0.717, 1.165) is 49.8 Å². The maximum Gasteiger partial charge on any atom is 0.165 e. The Kier molecular flexibility index (Phi) is 6.64. The van der Waals surface area contributed by atoms with Gasteiger partial charge in [-0.25, -0.2) is 15.0 Å². The highest BCUT2D eigenvalue weighted by Crippen LogP contribution is 2.41. The van der Waals surface area contributed by atoms with Crippen LogP contribution in [0.3, 0.4) is 0 Å². The van der Waals surface area contributed by atoms with E-state index in [2.05, 4.69) is 115 Å². The topological polar surface area (TPSA) is 51.8 Å². The van der Waals surface area contributed by atoms with E-state index in [-0.39, 0.29) is 0 Å². The molecule has 50 heavy (non-hydrogen) atoms. The van der Waals surface area contributed by atoms with Gasteiger partial charge in [-0.2, -0.15) is 0 Å². The van der Waals surface area contributed by atoms with Crippen LogP contribution in [0, 0.1) is 0 Å². The first-order valence-corrected chi connectivity index (χ1v) is 17.4. The third-order valence-corrected chi connectivity index (χ3v) is 10.6. The molecule has 0 spiro atoms. The Balaban J connectivity index is 1.16. The van der Waals surface area contributed by atoms with Crippen molar-refractivity contribution in [1.29, 1.82) is 0 Å². The van der Waals surface area contributed by atoms with Gasteiger partial charge in [0.2, 0.25) is 0 Å². The van der Waals surface area contributed by atoms with E-state index in [0.29, 0.717) is 17.5 Å². The van der Waals surface area contributed by atoms with Crippen molar-refractivity contribution in [3.8, 4) is 56.4 Å². The monoisotopic (exact) mass is 657 g/mol. The zero-order valence-corrected chi connectivity index (χ0v) is 27.6. The summed E-state index contributed by atoms with van der Waals surface area (Å²) >= 11 is 1.78. The quantitative estimate of drug-likeness (QED) is 0.185. The lowest BCUT2D eigenvalue weighted by Crippen LogP contribution is -2.00. The second-order valence-electron chi connectivity index (χ2n) is 12.4. The fourth-order valence-electron chi connectivity index (χ4n) is 6.93. The summed E-state index contributed by atoms with van der Waals surface area (Å²) in [7, 11) is 0. The SMILES string of the molecule is c1ccc(-c2ccc(-c3ccc4oc5cccc(-c6nc(-c7ccccc7)nc(-c7cccc8c7sc7ccccc78)n6)c5c4c3)cc2)cc1. The molecule has 7 aromatic carbocycles. The van der Waals surface area contributed by atoms with Gasteiger partial charge >= 0.3 is 0 Å². The normalized spacial score (nSPS) is 11.6. The van der Waals surface area contributed by atoms with Gasteiger partial charge in [-0.3, -0.25) is 0 Å². The molecule has 234 valence electrons. The van der Waals surface area contributed by atoms with E-state index in [1.807, 2.05) is 48.5 Å². The summed E-state index contributed by atoms with van der Waals surface area (Å²) in [6.45, 7) is 0. The molecule has 0 atom stereocenters. The fraction of sp³-hybridized carbons (Fsp3) is 0. The molecule has 0 aliphatic rings. The number of rotatable bonds is 5. The first-order chi connectivity index (χ1) is 24.8. The molecule has 0 saturated carbocycles. The molecule has 3 heterocycles. The Morgan fingerprint density at radius 3 is 1.76 bits per heavy atom. The van der Waals surface area contributed by atoms with Crippen LogP contribution in [0.1, 0.15) is 0 Å². The van der Waals surface area contributed by atoms with E-state index in [9.17, 15) is 0 Å². The molecular weight excluding hydrogens is 631 g/mol. The van der Waals surface area contributed by atoms with E-state index in [1.165, 1.54) is 31.3 Å². The molecule has 0 bridgehead atoms. The average molecular weight is 658 g/mol. The van der Waals surface area contributed by atoms with Crippen LogP contribution >= 0.6 is 11.3 Å². The standard InChI is InChI=1S/C45H27N3OS/c1-3-11-28(12-4-1)29-21-23-30(24-22-29)32-25-26-38-37(27-32)41-35(17-10-19-39(41)49-38)44-46-43(31-13-5-2-6-14-31)47-45(48-44)36-18-9-16-34-33-15-7-8-20-40(33)50-42(34)36/h1-27H. The lowest BCUT2D eigenvalue weighted by Gasteiger charge is -2.10. The third-order valence-electron chi connectivity index (χ3n) is 9.37. The molecule has 4 nitrogen and oxygen atoms in total. The van der Waals surface area contributed by atoms with E-state index < -0.39 is 0 Å². The fourth-order valence-corrected chi connectivity index (χ4v) is 8.15. The van der Waals surface area contributed by atoms with Gasteiger partial charge in [0.1, 0.15) is 11.2 Å². The van der Waals surface area contributed by atoms with Crippen molar-refractivity contribution in [2.45, 2.75) is 0 Å². The molecule has 10 rings (SSSR count). The van der Waals surface area contributed by atoms with Gasteiger partial charge in [-0.15, -0.1) is 11.3 Å². The predicted molar refractivity (Wildman–Crippen MR) is 207 cm³/mol. The Bertz CT molecular complexity index is 2860. The van der Waals surface area contributed by atoms with Crippen LogP contribution in [0.2, 0.25) is 0 Å². The van der Waals surface area contributed by atoms with Gasteiger partial charge in [-0.1, -0.05) is 133 Å². The first-order valence-electron chi connectivity index (χ1n) is 16.6. The van der Waals surface area contributed by atoms with Crippen LogP contribution in [0.15, 0.2) is 168 Å². The summed E-state index contributed by atoms with van der Waals surface area (Å²) in [5, 5.41) is 4.46. The maximum atomic E-state index is 6.43. The molecule has 0 fully saturated rings. The predicted octanol–water partition coefficient (Wildman–Crippen LogP) is 12.5. The average Bonchev–Trinajstić information content (AvgIpc) is 3.77. The van der Waals surface area contributed by atoms with E-state index >= 15 is 0 Å². The molecule has 0 unspecified atom stereocenters. The van der Waals surface area contributed by atoms with E-state index in [1.54, 1.807) is 11.3 Å². The van der Waals surface area contributed by atoms with Crippen molar-refractivity contribution < 1.29 is 4.42 Å².